The molecule has 2 aromatic rings. The molecule has 0 aliphatic heterocycles. The number of benzene rings is 2. The average Bonchev–Trinajstić information content (AvgIpc) is 2.82. The maximum absolute atomic E-state index is 12.5. The molecule has 0 bridgehead atoms. The van der Waals surface area contributed by atoms with Crippen molar-refractivity contribution in [3.05, 3.63) is 71.8 Å². The van der Waals surface area contributed by atoms with Crippen molar-refractivity contribution in [2.45, 2.75) is 89.9 Å². The largest absolute Gasteiger partial charge is 0.444 e. The molecule has 2 aromatic carbocycles. The molecule has 0 spiro atoms. The Morgan fingerprint density at radius 1 is 0.700 bits per heavy atom. The van der Waals surface area contributed by atoms with Crippen molar-refractivity contribution in [2.75, 3.05) is 20.1 Å². The van der Waals surface area contributed by atoms with Gasteiger partial charge in [0, 0.05) is 13.1 Å². The molecular formula is C31H47N3O6. The molecule has 4 N–H and O–H groups in total. The summed E-state index contributed by atoms with van der Waals surface area (Å²) in [5.74, 6) is 0. The number of amides is 2. The number of alkyl carbamates (subject to hydrolysis) is 2. The van der Waals surface area contributed by atoms with Crippen LogP contribution < -0.4 is 10.6 Å². The second kappa shape index (κ2) is 15.0. The minimum atomic E-state index is -0.962. The topological polar surface area (TPSA) is 120 Å². The van der Waals surface area contributed by atoms with Crippen LogP contribution in [0.2, 0.25) is 0 Å². The lowest BCUT2D eigenvalue weighted by atomic mass is 9.99. The minimum absolute atomic E-state index is 0.162. The monoisotopic (exact) mass is 557 g/mol. The van der Waals surface area contributed by atoms with Gasteiger partial charge in [-0.1, -0.05) is 60.7 Å². The predicted octanol–water partition coefficient (Wildman–Crippen LogP) is 3.91. The first kappa shape index (κ1) is 33.1. The molecule has 0 aromatic heterocycles. The third-order valence-electron chi connectivity index (χ3n) is 5.93. The van der Waals surface area contributed by atoms with E-state index < -0.39 is 47.7 Å². The molecule has 9 nitrogen and oxygen atoms in total. The molecule has 0 aliphatic rings. The number of rotatable bonds is 12. The Kier molecular flexibility index (Phi) is 12.4. The summed E-state index contributed by atoms with van der Waals surface area (Å²) in [4.78, 5) is 26.9. The molecular weight excluding hydrogens is 510 g/mol. The standard InChI is InChI=1S/C31H47N3O6/c1-30(2,3)39-28(37)32-24(18-22-14-10-8-11-15-22)26(35)20-34(7)21-27(36)25(19-23-16-12-9-13-17-23)33-29(38)40-31(4,5)6/h8-17,24-27,35-36H,18-21H2,1-7H3,(H,32,37)(H,33,38)/t24-,25-,26+,27?/m0/s1. The number of carbonyl (C=O) groups excluding carboxylic acids is 2. The van der Waals surface area contributed by atoms with Gasteiger partial charge < -0.3 is 35.2 Å². The normalized spacial score (nSPS) is 15.1. The van der Waals surface area contributed by atoms with Gasteiger partial charge in [0.2, 0.25) is 0 Å². The molecule has 222 valence electrons. The van der Waals surface area contributed by atoms with Gasteiger partial charge in [-0.15, -0.1) is 0 Å². The Morgan fingerprint density at radius 2 is 1.02 bits per heavy atom. The van der Waals surface area contributed by atoms with E-state index in [2.05, 4.69) is 10.6 Å². The second-order valence-electron chi connectivity index (χ2n) is 12.2. The highest BCUT2D eigenvalue weighted by Crippen LogP contribution is 2.13. The average molecular weight is 558 g/mol. The van der Waals surface area contributed by atoms with E-state index in [0.29, 0.717) is 12.8 Å². The molecule has 1 unspecified atom stereocenters. The van der Waals surface area contributed by atoms with Gasteiger partial charge in [-0.05, 0) is 72.6 Å². The molecule has 40 heavy (non-hydrogen) atoms. The summed E-state index contributed by atoms with van der Waals surface area (Å²) in [5.41, 5.74) is 0.550. The lowest BCUT2D eigenvalue weighted by Crippen LogP contribution is -2.53. The van der Waals surface area contributed by atoms with Crippen LogP contribution in [0.4, 0.5) is 9.59 Å². The van der Waals surface area contributed by atoms with E-state index in [9.17, 15) is 19.8 Å². The van der Waals surface area contributed by atoms with E-state index in [1.165, 1.54) is 0 Å². The van der Waals surface area contributed by atoms with Gasteiger partial charge >= 0.3 is 12.2 Å². The van der Waals surface area contributed by atoms with E-state index in [1.807, 2.05) is 60.7 Å². The fourth-order valence-corrected chi connectivity index (χ4v) is 4.19. The Hall–Kier alpha value is -3.14. The van der Waals surface area contributed by atoms with Gasteiger partial charge in [-0.3, -0.25) is 0 Å². The summed E-state index contributed by atoms with van der Waals surface area (Å²) in [6.45, 7) is 11.0. The number of aliphatic hydroxyl groups excluding tert-OH is 2. The van der Waals surface area contributed by atoms with E-state index in [4.69, 9.17) is 9.47 Å². The molecule has 0 radical (unpaired) electrons. The van der Waals surface area contributed by atoms with Crippen LogP contribution in [0.3, 0.4) is 0 Å². The van der Waals surface area contributed by atoms with Crippen molar-refractivity contribution < 1.29 is 29.3 Å². The first-order chi connectivity index (χ1) is 18.6. The summed E-state index contributed by atoms with van der Waals surface area (Å²) in [6.07, 6.45) is -2.35. The molecule has 0 heterocycles. The van der Waals surface area contributed by atoms with E-state index in [0.717, 1.165) is 11.1 Å². The fraction of sp³-hybridized carbons (Fsp3) is 0.548. The quantitative estimate of drug-likeness (QED) is 0.312. The smallest absolute Gasteiger partial charge is 0.407 e. The van der Waals surface area contributed by atoms with Gasteiger partial charge in [0.15, 0.2) is 0 Å². The summed E-state index contributed by atoms with van der Waals surface area (Å²) in [6, 6.07) is 17.9. The number of nitrogens with zero attached hydrogens (tertiary/aromatic N) is 1. The zero-order valence-corrected chi connectivity index (χ0v) is 24.9. The lowest BCUT2D eigenvalue weighted by Gasteiger charge is -2.32. The molecule has 2 amide bonds. The molecule has 0 fully saturated rings. The van der Waals surface area contributed by atoms with Crippen LogP contribution in [0.15, 0.2) is 60.7 Å². The Bertz CT molecular complexity index is 953. The molecule has 0 saturated carbocycles. The first-order valence-corrected chi connectivity index (χ1v) is 13.7. The number of hydrogen-bond donors (Lipinski definition) is 4. The fourth-order valence-electron chi connectivity index (χ4n) is 4.19. The van der Waals surface area contributed by atoms with Crippen molar-refractivity contribution in [1.29, 1.82) is 0 Å². The number of nitrogens with one attached hydrogen (secondary N) is 2. The van der Waals surface area contributed by atoms with Crippen molar-refractivity contribution in [1.82, 2.24) is 15.5 Å². The van der Waals surface area contributed by atoms with Crippen LogP contribution in [0.25, 0.3) is 0 Å². The SMILES string of the molecule is CN(CC(O)[C@H](Cc1ccccc1)NC(=O)OC(C)(C)C)C[C@@H](O)[C@H](Cc1ccccc1)NC(=O)OC(C)(C)C. The number of hydrogen-bond acceptors (Lipinski definition) is 7. The van der Waals surface area contributed by atoms with Crippen LogP contribution >= 0.6 is 0 Å². The minimum Gasteiger partial charge on any atom is -0.444 e. The third kappa shape index (κ3) is 13.3. The van der Waals surface area contributed by atoms with Crippen molar-refractivity contribution >= 4 is 12.2 Å². The highest BCUT2D eigenvalue weighted by Gasteiger charge is 2.29. The van der Waals surface area contributed by atoms with Crippen LogP contribution in [0.1, 0.15) is 52.7 Å². The molecule has 9 heteroatoms. The van der Waals surface area contributed by atoms with Crippen LogP contribution in [-0.2, 0) is 22.3 Å². The zero-order valence-electron chi connectivity index (χ0n) is 24.9. The number of ether oxygens (including phenoxy) is 2. The highest BCUT2D eigenvalue weighted by atomic mass is 16.6. The van der Waals surface area contributed by atoms with Crippen LogP contribution in [0, 0.1) is 0 Å². The maximum atomic E-state index is 12.5. The number of aliphatic hydroxyl groups is 2. The number of carbonyl (C=O) groups is 2. The van der Waals surface area contributed by atoms with Crippen molar-refractivity contribution in [3.8, 4) is 0 Å². The molecule has 0 saturated heterocycles. The van der Waals surface area contributed by atoms with E-state index in [1.54, 1.807) is 53.5 Å². The molecule has 2 rings (SSSR count). The molecule has 0 aliphatic carbocycles. The lowest BCUT2D eigenvalue weighted by molar-refractivity contribution is 0.0262. The Balaban J connectivity index is 2.10. The van der Waals surface area contributed by atoms with Crippen molar-refractivity contribution in [2.24, 2.45) is 0 Å². The summed E-state index contributed by atoms with van der Waals surface area (Å²) in [5, 5.41) is 27.9. The van der Waals surface area contributed by atoms with Gasteiger partial charge in [0.1, 0.15) is 11.2 Å². The predicted molar refractivity (Wildman–Crippen MR) is 156 cm³/mol. The Labute approximate surface area is 238 Å². The van der Waals surface area contributed by atoms with Gasteiger partial charge in [-0.25, -0.2) is 9.59 Å². The summed E-state index contributed by atoms with van der Waals surface area (Å²) in [7, 11) is 1.77. The molecule has 4 atom stereocenters. The van der Waals surface area contributed by atoms with E-state index in [-0.39, 0.29) is 13.1 Å². The van der Waals surface area contributed by atoms with Crippen molar-refractivity contribution in [3.63, 3.8) is 0 Å². The first-order valence-electron chi connectivity index (χ1n) is 13.7. The van der Waals surface area contributed by atoms with Gasteiger partial charge in [-0.2, -0.15) is 0 Å². The van der Waals surface area contributed by atoms with Crippen LogP contribution in [-0.4, -0.2) is 82.9 Å². The zero-order chi connectivity index (χ0) is 29.9. The van der Waals surface area contributed by atoms with Gasteiger partial charge in [0.05, 0.1) is 24.3 Å². The third-order valence-corrected chi connectivity index (χ3v) is 5.93. The highest BCUT2D eigenvalue weighted by molar-refractivity contribution is 5.68. The maximum Gasteiger partial charge on any atom is 0.407 e. The van der Waals surface area contributed by atoms with E-state index >= 15 is 0 Å². The second-order valence-corrected chi connectivity index (χ2v) is 12.2. The number of likely N-dealkylation sites (N-methyl/N-ethyl adjacent to an activating group) is 1. The summed E-state index contributed by atoms with van der Waals surface area (Å²) >= 11 is 0. The Morgan fingerprint density at radius 3 is 1.32 bits per heavy atom. The summed E-state index contributed by atoms with van der Waals surface area (Å²) < 4.78 is 10.8. The van der Waals surface area contributed by atoms with Gasteiger partial charge in [0.25, 0.3) is 0 Å². The van der Waals surface area contributed by atoms with Crippen LogP contribution in [0.5, 0.6) is 0 Å².